The molecule has 0 radical (unpaired) electrons. The lowest BCUT2D eigenvalue weighted by molar-refractivity contribution is -0.123. The van der Waals surface area contributed by atoms with E-state index in [4.69, 9.17) is 9.47 Å². The van der Waals surface area contributed by atoms with Crippen LogP contribution in [0.1, 0.15) is 38.3 Å². The Bertz CT molecular complexity index is 927. The van der Waals surface area contributed by atoms with E-state index in [2.05, 4.69) is 5.32 Å². The maximum Gasteiger partial charge on any atom is 0.244 e. The molecule has 1 amide bonds. The second-order valence-electron chi connectivity index (χ2n) is 6.92. The highest BCUT2D eigenvalue weighted by atomic mass is 32.2. The zero-order chi connectivity index (χ0) is 22.3. The highest BCUT2D eigenvalue weighted by Crippen LogP contribution is 2.26. The van der Waals surface area contributed by atoms with Crippen LogP contribution >= 0.6 is 0 Å². The van der Waals surface area contributed by atoms with Crippen molar-refractivity contribution in [1.82, 2.24) is 5.32 Å². The van der Waals surface area contributed by atoms with Crippen molar-refractivity contribution < 1.29 is 22.7 Å². The van der Waals surface area contributed by atoms with Crippen molar-refractivity contribution in [2.75, 3.05) is 24.8 Å². The van der Waals surface area contributed by atoms with Gasteiger partial charge in [-0.1, -0.05) is 26.0 Å². The minimum Gasteiger partial charge on any atom is -0.497 e. The number of hydrogen-bond donors (Lipinski definition) is 1. The zero-order valence-corrected chi connectivity index (χ0v) is 18.9. The minimum absolute atomic E-state index is 0.241. The van der Waals surface area contributed by atoms with Crippen molar-refractivity contribution in [2.45, 2.75) is 38.8 Å². The van der Waals surface area contributed by atoms with E-state index in [-0.39, 0.29) is 11.9 Å². The summed E-state index contributed by atoms with van der Waals surface area (Å²) < 4.78 is 36.7. The Morgan fingerprint density at radius 1 is 0.933 bits per heavy atom. The van der Waals surface area contributed by atoms with E-state index in [1.165, 1.54) is 11.4 Å². The fourth-order valence-electron chi connectivity index (χ4n) is 3.31. The molecule has 1 N–H and O–H groups in total. The second kappa shape index (κ2) is 10.3. The summed E-state index contributed by atoms with van der Waals surface area (Å²) in [5.41, 5.74) is 1.34. The second-order valence-corrected chi connectivity index (χ2v) is 8.78. The Morgan fingerprint density at radius 3 is 1.83 bits per heavy atom. The molecule has 164 valence electrons. The number of benzene rings is 2. The number of methoxy groups -OCH3 is 2. The predicted molar refractivity (Wildman–Crippen MR) is 119 cm³/mol. The normalized spacial score (nSPS) is 13.2. The number of ether oxygens (including phenoxy) is 2. The average molecular weight is 435 g/mol. The molecule has 0 bridgehead atoms. The SMILES string of the molecule is CC[C@H](NC(=O)[C@@H](CC)N(c1ccc(OC)cc1)S(C)(=O)=O)c1ccc(OC)cc1. The van der Waals surface area contributed by atoms with E-state index in [1.807, 2.05) is 31.2 Å². The van der Waals surface area contributed by atoms with Gasteiger partial charge in [-0.3, -0.25) is 9.10 Å². The van der Waals surface area contributed by atoms with Crippen LogP contribution in [0.2, 0.25) is 0 Å². The molecule has 2 aromatic rings. The lowest BCUT2D eigenvalue weighted by atomic mass is 10.0. The summed E-state index contributed by atoms with van der Waals surface area (Å²) in [6, 6.07) is 13.0. The van der Waals surface area contributed by atoms with Crippen molar-refractivity contribution in [3.8, 4) is 11.5 Å². The monoisotopic (exact) mass is 434 g/mol. The largest absolute Gasteiger partial charge is 0.497 e. The molecule has 0 saturated heterocycles. The van der Waals surface area contributed by atoms with Crippen molar-refractivity contribution in [1.29, 1.82) is 0 Å². The first kappa shape index (κ1) is 23.5. The standard InChI is InChI=1S/C22H30N2O5S/c1-6-20(16-8-12-18(28-3)13-9-16)23-22(25)21(7-2)24(30(5,26)27)17-10-14-19(29-4)15-11-17/h8-15,20-21H,6-7H2,1-5H3,(H,23,25)/t20-,21+/m0/s1. The number of amides is 1. The summed E-state index contributed by atoms with van der Waals surface area (Å²) in [5, 5.41) is 3.01. The van der Waals surface area contributed by atoms with Crippen LogP contribution in [0.25, 0.3) is 0 Å². The third-order valence-electron chi connectivity index (χ3n) is 4.90. The molecular formula is C22H30N2O5S. The molecule has 0 aliphatic heterocycles. The van der Waals surface area contributed by atoms with Crippen molar-refractivity contribution in [3.05, 3.63) is 54.1 Å². The summed E-state index contributed by atoms with van der Waals surface area (Å²) in [6.07, 6.45) is 2.09. The summed E-state index contributed by atoms with van der Waals surface area (Å²) in [5.74, 6) is 0.991. The van der Waals surface area contributed by atoms with Crippen LogP contribution in [0.3, 0.4) is 0 Å². The number of carbonyl (C=O) groups is 1. The molecule has 0 aliphatic rings. The van der Waals surface area contributed by atoms with Gasteiger partial charge in [0.15, 0.2) is 0 Å². The summed E-state index contributed by atoms with van der Waals surface area (Å²) in [7, 11) is -0.561. The van der Waals surface area contributed by atoms with Gasteiger partial charge >= 0.3 is 0 Å². The van der Waals surface area contributed by atoms with E-state index >= 15 is 0 Å². The van der Waals surface area contributed by atoms with Gasteiger partial charge < -0.3 is 14.8 Å². The molecule has 0 heterocycles. The van der Waals surface area contributed by atoms with Crippen molar-refractivity contribution >= 4 is 21.6 Å². The first-order chi connectivity index (χ1) is 14.2. The topological polar surface area (TPSA) is 84.9 Å². The zero-order valence-electron chi connectivity index (χ0n) is 18.1. The molecule has 30 heavy (non-hydrogen) atoms. The maximum atomic E-state index is 13.2. The Hall–Kier alpha value is -2.74. The third kappa shape index (κ3) is 5.66. The third-order valence-corrected chi connectivity index (χ3v) is 6.08. The fourth-order valence-corrected chi connectivity index (χ4v) is 4.53. The van der Waals surface area contributed by atoms with Gasteiger partial charge in [0.05, 0.1) is 32.2 Å². The average Bonchev–Trinajstić information content (AvgIpc) is 2.75. The molecule has 8 heteroatoms. The summed E-state index contributed by atoms with van der Waals surface area (Å²) >= 11 is 0. The van der Waals surface area contributed by atoms with Gasteiger partial charge in [-0.15, -0.1) is 0 Å². The molecule has 2 rings (SSSR count). The molecule has 0 spiro atoms. The smallest absolute Gasteiger partial charge is 0.244 e. The summed E-state index contributed by atoms with van der Waals surface area (Å²) in [4.78, 5) is 13.2. The van der Waals surface area contributed by atoms with E-state index in [0.717, 1.165) is 17.6 Å². The first-order valence-corrected chi connectivity index (χ1v) is 11.7. The number of anilines is 1. The van der Waals surface area contributed by atoms with Crippen LogP contribution in [0.5, 0.6) is 11.5 Å². The fraction of sp³-hybridized carbons (Fsp3) is 0.409. The first-order valence-electron chi connectivity index (χ1n) is 9.82. The molecule has 0 fully saturated rings. The van der Waals surface area contributed by atoms with Gasteiger partial charge in [-0.25, -0.2) is 8.42 Å². The molecule has 2 atom stereocenters. The Balaban J connectivity index is 2.31. The highest BCUT2D eigenvalue weighted by molar-refractivity contribution is 7.92. The Morgan fingerprint density at radius 2 is 1.43 bits per heavy atom. The van der Waals surface area contributed by atoms with Crippen LogP contribution in [-0.4, -0.2) is 40.8 Å². The summed E-state index contributed by atoms with van der Waals surface area (Å²) in [6.45, 7) is 3.76. The Labute approximate surface area is 179 Å². The molecule has 2 aromatic carbocycles. The number of nitrogens with zero attached hydrogens (tertiary/aromatic N) is 1. The molecule has 0 aromatic heterocycles. The maximum absolute atomic E-state index is 13.2. The van der Waals surface area contributed by atoms with Crippen LogP contribution < -0.4 is 19.1 Å². The van der Waals surface area contributed by atoms with Gasteiger partial charge in [-0.2, -0.15) is 0 Å². The molecule has 7 nitrogen and oxygen atoms in total. The highest BCUT2D eigenvalue weighted by Gasteiger charge is 2.32. The lowest BCUT2D eigenvalue weighted by Gasteiger charge is -2.31. The van der Waals surface area contributed by atoms with Gasteiger partial charge in [0.1, 0.15) is 17.5 Å². The quantitative estimate of drug-likeness (QED) is 0.618. The number of sulfonamides is 1. The van der Waals surface area contributed by atoms with E-state index in [9.17, 15) is 13.2 Å². The van der Waals surface area contributed by atoms with Crippen LogP contribution in [0.4, 0.5) is 5.69 Å². The molecule has 0 unspecified atom stereocenters. The van der Waals surface area contributed by atoms with E-state index < -0.39 is 16.1 Å². The lowest BCUT2D eigenvalue weighted by Crippen LogP contribution is -2.50. The van der Waals surface area contributed by atoms with Crippen LogP contribution in [-0.2, 0) is 14.8 Å². The van der Waals surface area contributed by atoms with Gasteiger partial charge in [0.2, 0.25) is 15.9 Å². The number of nitrogens with one attached hydrogen (secondary N) is 1. The molecule has 0 aliphatic carbocycles. The van der Waals surface area contributed by atoms with Crippen molar-refractivity contribution in [2.24, 2.45) is 0 Å². The minimum atomic E-state index is -3.69. The number of carbonyl (C=O) groups excluding carboxylic acids is 1. The number of hydrogen-bond acceptors (Lipinski definition) is 5. The molecular weight excluding hydrogens is 404 g/mol. The van der Waals surface area contributed by atoms with Gasteiger partial charge in [-0.05, 0) is 54.8 Å². The molecule has 0 saturated carbocycles. The van der Waals surface area contributed by atoms with Crippen LogP contribution in [0, 0.1) is 0 Å². The van der Waals surface area contributed by atoms with Crippen LogP contribution in [0.15, 0.2) is 48.5 Å². The van der Waals surface area contributed by atoms with Crippen molar-refractivity contribution in [3.63, 3.8) is 0 Å². The van der Waals surface area contributed by atoms with E-state index in [0.29, 0.717) is 24.3 Å². The van der Waals surface area contributed by atoms with E-state index in [1.54, 1.807) is 38.3 Å². The van der Waals surface area contributed by atoms with Gasteiger partial charge in [0, 0.05) is 0 Å². The Kier molecular flexibility index (Phi) is 8.11. The van der Waals surface area contributed by atoms with Gasteiger partial charge in [0.25, 0.3) is 0 Å². The predicted octanol–water partition coefficient (Wildman–Crippen LogP) is 3.52. The number of rotatable bonds is 10.